The summed E-state index contributed by atoms with van der Waals surface area (Å²) in [6.07, 6.45) is 0. The molecule has 4 heteroatoms. The molecule has 9 heavy (non-hydrogen) atoms. The fourth-order valence-corrected chi connectivity index (χ4v) is 0.269. The number of carbonyl (C=O) groups excluding carboxylic acids is 1. The van der Waals surface area contributed by atoms with Gasteiger partial charge in [0.15, 0.2) is 0 Å². The number of ether oxygens (including phenoxy) is 2. The minimum Gasteiger partial charge on any atom is -0.463 e. The molecule has 0 radical (unpaired) electrons. The van der Waals surface area contributed by atoms with E-state index in [1.165, 1.54) is 6.92 Å². The molecule has 0 saturated carbocycles. The van der Waals surface area contributed by atoms with E-state index in [1.807, 2.05) is 0 Å². The molecule has 0 aromatic rings. The Balaban J connectivity index is 0. The van der Waals surface area contributed by atoms with Crippen LogP contribution in [-0.4, -0.2) is 26.3 Å². The number of hydrogen-bond donors (Lipinski definition) is 0. The number of methoxy groups -OCH3 is 1. The van der Waals surface area contributed by atoms with Crippen LogP contribution in [0.1, 0.15) is 6.92 Å². The summed E-state index contributed by atoms with van der Waals surface area (Å²) in [5.74, 6) is -0.262. The Morgan fingerprint density at radius 3 is 2.33 bits per heavy atom. The number of carbonyl (C=O) groups is 1. The molecule has 0 unspecified atom stereocenters. The monoisotopic (exact) mass is 166 g/mol. The van der Waals surface area contributed by atoms with Crippen molar-refractivity contribution < 1.29 is 36.0 Å². The summed E-state index contributed by atoms with van der Waals surface area (Å²) < 4.78 is 9.13. The molecule has 0 bridgehead atoms. The van der Waals surface area contributed by atoms with E-state index < -0.39 is 0 Å². The Kier molecular flexibility index (Phi) is 10.8. The van der Waals surface area contributed by atoms with Gasteiger partial charge in [0.25, 0.3) is 0 Å². The van der Waals surface area contributed by atoms with Crippen molar-refractivity contribution in [3.05, 3.63) is 0 Å². The maximum absolute atomic E-state index is 10.0. The molecule has 0 N–H and O–H groups in total. The van der Waals surface area contributed by atoms with Gasteiger partial charge in [-0.15, -0.1) is 0 Å². The Morgan fingerprint density at radius 1 is 1.44 bits per heavy atom. The predicted molar refractivity (Wildman–Crippen MR) is 28.5 cm³/mol. The van der Waals surface area contributed by atoms with E-state index in [9.17, 15) is 4.79 Å². The molecule has 0 atom stereocenters. The minimum absolute atomic E-state index is 0. The van der Waals surface area contributed by atoms with Crippen LogP contribution in [0.3, 0.4) is 0 Å². The standard InChI is InChI=1S/C5H10O3.Ti/c1-5(6)8-4-3-7-2;/h3-4H2,1-2H3;. The number of hydrogen-bond acceptors (Lipinski definition) is 3. The number of rotatable bonds is 3. The zero-order valence-corrected chi connectivity index (χ0v) is 7.20. The molecule has 0 aromatic carbocycles. The molecule has 0 amide bonds. The van der Waals surface area contributed by atoms with Gasteiger partial charge in [-0.05, 0) is 0 Å². The first-order valence-electron chi connectivity index (χ1n) is 2.39. The summed E-state index contributed by atoms with van der Waals surface area (Å²) in [6, 6.07) is 0. The van der Waals surface area contributed by atoms with E-state index in [-0.39, 0.29) is 27.7 Å². The van der Waals surface area contributed by atoms with Crippen LogP contribution in [0.15, 0.2) is 0 Å². The van der Waals surface area contributed by atoms with Gasteiger partial charge in [-0.2, -0.15) is 0 Å². The molecule has 0 rings (SSSR count). The van der Waals surface area contributed by atoms with Crippen LogP contribution in [0.25, 0.3) is 0 Å². The smallest absolute Gasteiger partial charge is 0.302 e. The fraction of sp³-hybridized carbons (Fsp3) is 0.800. The molecule has 0 aliphatic heterocycles. The van der Waals surface area contributed by atoms with Gasteiger partial charge in [0.2, 0.25) is 0 Å². The molecule has 0 aromatic heterocycles. The van der Waals surface area contributed by atoms with Crippen LogP contribution in [0, 0.1) is 0 Å². The van der Waals surface area contributed by atoms with Crippen molar-refractivity contribution in [3.63, 3.8) is 0 Å². The summed E-state index contributed by atoms with van der Waals surface area (Å²) in [7, 11) is 1.56. The van der Waals surface area contributed by atoms with Gasteiger partial charge in [0.05, 0.1) is 6.61 Å². The second kappa shape index (κ2) is 8.14. The molecule has 0 saturated heterocycles. The summed E-state index contributed by atoms with van der Waals surface area (Å²) in [6.45, 7) is 2.20. The second-order valence-corrected chi connectivity index (χ2v) is 1.33. The topological polar surface area (TPSA) is 35.5 Å². The third-order valence-corrected chi connectivity index (χ3v) is 0.593. The normalized spacial score (nSPS) is 7.78. The molecule has 0 aliphatic carbocycles. The van der Waals surface area contributed by atoms with E-state index in [0.29, 0.717) is 13.2 Å². The Hall–Kier alpha value is 0.144. The van der Waals surface area contributed by atoms with E-state index in [1.54, 1.807) is 7.11 Å². The van der Waals surface area contributed by atoms with Crippen molar-refractivity contribution >= 4 is 5.97 Å². The maximum atomic E-state index is 10.0. The third kappa shape index (κ3) is 11.6. The largest absolute Gasteiger partial charge is 0.463 e. The average Bonchev–Trinajstić information content (AvgIpc) is 1.66. The Bertz CT molecular complexity index is 74.6. The van der Waals surface area contributed by atoms with Crippen molar-refractivity contribution in [1.82, 2.24) is 0 Å². The molecule has 0 spiro atoms. The van der Waals surface area contributed by atoms with Gasteiger partial charge in [-0.25, -0.2) is 0 Å². The molecule has 0 aliphatic rings. The maximum Gasteiger partial charge on any atom is 0.302 e. The quantitative estimate of drug-likeness (QED) is 0.341. The van der Waals surface area contributed by atoms with Crippen LogP contribution in [0.2, 0.25) is 0 Å². The van der Waals surface area contributed by atoms with Crippen molar-refractivity contribution in [2.24, 2.45) is 0 Å². The first-order valence-corrected chi connectivity index (χ1v) is 2.39. The Labute approximate surface area is 69.6 Å². The summed E-state index contributed by atoms with van der Waals surface area (Å²) in [5, 5.41) is 0. The van der Waals surface area contributed by atoms with Crippen LogP contribution < -0.4 is 0 Å². The zero-order valence-electron chi connectivity index (χ0n) is 5.64. The van der Waals surface area contributed by atoms with E-state index in [2.05, 4.69) is 9.47 Å². The molecule has 3 nitrogen and oxygen atoms in total. The third-order valence-electron chi connectivity index (χ3n) is 0.593. The van der Waals surface area contributed by atoms with Gasteiger partial charge in [-0.3, -0.25) is 4.79 Å². The fourth-order valence-electron chi connectivity index (χ4n) is 0.269. The van der Waals surface area contributed by atoms with Crippen LogP contribution >= 0.6 is 0 Å². The first-order chi connectivity index (χ1) is 3.77. The van der Waals surface area contributed by atoms with Crippen LogP contribution in [-0.2, 0) is 36.0 Å². The molecular weight excluding hydrogens is 156 g/mol. The van der Waals surface area contributed by atoms with Gasteiger partial charge < -0.3 is 9.47 Å². The van der Waals surface area contributed by atoms with E-state index >= 15 is 0 Å². The van der Waals surface area contributed by atoms with Crippen LogP contribution in [0.5, 0.6) is 0 Å². The second-order valence-electron chi connectivity index (χ2n) is 1.33. The minimum atomic E-state index is -0.262. The molecular formula is C5H10O3Ti. The predicted octanol–water partition coefficient (Wildman–Crippen LogP) is 0.193. The van der Waals surface area contributed by atoms with Gasteiger partial charge in [-0.1, -0.05) is 0 Å². The van der Waals surface area contributed by atoms with Crippen LogP contribution in [0.4, 0.5) is 0 Å². The SMILES string of the molecule is COCCOC(C)=O.[Ti]. The summed E-state index contributed by atoms with van der Waals surface area (Å²) in [5.41, 5.74) is 0. The van der Waals surface area contributed by atoms with Crippen molar-refractivity contribution in [1.29, 1.82) is 0 Å². The summed E-state index contributed by atoms with van der Waals surface area (Å²) >= 11 is 0. The molecule has 52 valence electrons. The first kappa shape index (κ1) is 11.9. The van der Waals surface area contributed by atoms with Gasteiger partial charge in [0.1, 0.15) is 6.61 Å². The van der Waals surface area contributed by atoms with Crippen molar-refractivity contribution in [2.45, 2.75) is 6.92 Å². The molecule has 0 heterocycles. The van der Waals surface area contributed by atoms with E-state index in [0.717, 1.165) is 0 Å². The number of esters is 1. The average molecular weight is 166 g/mol. The zero-order chi connectivity index (χ0) is 6.41. The van der Waals surface area contributed by atoms with Gasteiger partial charge >= 0.3 is 5.97 Å². The van der Waals surface area contributed by atoms with Crippen molar-refractivity contribution in [2.75, 3.05) is 20.3 Å². The Morgan fingerprint density at radius 2 is 2.00 bits per heavy atom. The molecule has 0 fully saturated rings. The summed E-state index contributed by atoms with van der Waals surface area (Å²) in [4.78, 5) is 10.0. The van der Waals surface area contributed by atoms with Crippen molar-refractivity contribution in [3.8, 4) is 0 Å². The van der Waals surface area contributed by atoms with Gasteiger partial charge in [0, 0.05) is 35.8 Å². The van der Waals surface area contributed by atoms with E-state index in [4.69, 9.17) is 0 Å².